The van der Waals surface area contributed by atoms with Crippen LogP contribution in [0.1, 0.15) is 41.3 Å². The molecule has 1 aromatic carbocycles. The van der Waals surface area contributed by atoms with Crippen LogP contribution in [0.15, 0.2) is 17.1 Å². The zero-order chi connectivity index (χ0) is 17.7. The van der Waals surface area contributed by atoms with E-state index in [1.54, 1.807) is 0 Å². The van der Waals surface area contributed by atoms with Gasteiger partial charge in [0.2, 0.25) is 0 Å². The van der Waals surface area contributed by atoms with Crippen molar-refractivity contribution in [2.75, 3.05) is 33.7 Å². The first-order valence-electron chi connectivity index (χ1n) is 8.66. The Kier molecular flexibility index (Phi) is 6.37. The minimum absolute atomic E-state index is 0.00754. The molecule has 1 heterocycles. The second-order valence-electron chi connectivity index (χ2n) is 6.70. The monoisotopic (exact) mass is 331 g/mol. The molecule has 1 fully saturated rings. The highest BCUT2D eigenvalue weighted by atomic mass is 16.5. The van der Waals surface area contributed by atoms with Crippen molar-refractivity contribution in [2.24, 2.45) is 4.99 Å². The van der Waals surface area contributed by atoms with Gasteiger partial charge >= 0.3 is 5.97 Å². The SMILES string of the molecule is CCN(C)C=Nc1cc(C)c(C(=O)OC2CCCN(C)C2)cc1C. The number of likely N-dealkylation sites (tertiary alicyclic amines) is 1. The van der Waals surface area contributed by atoms with Crippen LogP contribution in [0.5, 0.6) is 0 Å². The summed E-state index contributed by atoms with van der Waals surface area (Å²) in [6.45, 7) is 8.78. The Bertz CT molecular complexity index is 613. The Labute approximate surface area is 145 Å². The molecule has 0 spiro atoms. The summed E-state index contributed by atoms with van der Waals surface area (Å²) in [6.07, 6.45) is 3.83. The fourth-order valence-electron chi connectivity index (χ4n) is 2.83. The molecule has 132 valence electrons. The normalized spacial score (nSPS) is 18.8. The molecule has 1 aromatic rings. The summed E-state index contributed by atoms with van der Waals surface area (Å²) in [6, 6.07) is 3.85. The van der Waals surface area contributed by atoms with Crippen LogP contribution in [0.3, 0.4) is 0 Å². The predicted molar refractivity (Wildman–Crippen MR) is 98.3 cm³/mol. The van der Waals surface area contributed by atoms with Gasteiger partial charge < -0.3 is 14.5 Å². The average molecular weight is 331 g/mol. The Morgan fingerprint density at radius 3 is 2.83 bits per heavy atom. The van der Waals surface area contributed by atoms with Crippen molar-refractivity contribution in [3.8, 4) is 0 Å². The number of piperidine rings is 1. The van der Waals surface area contributed by atoms with Crippen molar-refractivity contribution < 1.29 is 9.53 Å². The maximum atomic E-state index is 12.5. The number of likely N-dealkylation sites (N-methyl/N-ethyl adjacent to an activating group) is 1. The number of rotatable bonds is 5. The molecule has 1 saturated heterocycles. The van der Waals surface area contributed by atoms with Crippen LogP contribution in [0.25, 0.3) is 0 Å². The van der Waals surface area contributed by atoms with E-state index < -0.39 is 0 Å². The van der Waals surface area contributed by atoms with E-state index in [0.29, 0.717) is 5.56 Å². The molecular formula is C19H29N3O2. The van der Waals surface area contributed by atoms with Crippen LogP contribution >= 0.6 is 0 Å². The van der Waals surface area contributed by atoms with Gasteiger partial charge in [0.1, 0.15) is 6.10 Å². The van der Waals surface area contributed by atoms with Gasteiger partial charge in [0.05, 0.1) is 17.6 Å². The van der Waals surface area contributed by atoms with Gasteiger partial charge in [0.25, 0.3) is 0 Å². The lowest BCUT2D eigenvalue weighted by Gasteiger charge is -2.29. The molecule has 0 N–H and O–H groups in total. The molecule has 0 amide bonds. The van der Waals surface area contributed by atoms with Crippen LogP contribution in [-0.4, -0.2) is 61.9 Å². The van der Waals surface area contributed by atoms with Crippen LogP contribution in [0.2, 0.25) is 0 Å². The van der Waals surface area contributed by atoms with Gasteiger partial charge in [-0.1, -0.05) is 0 Å². The highest BCUT2D eigenvalue weighted by Crippen LogP contribution is 2.24. The Balaban J connectivity index is 2.11. The molecule has 0 saturated carbocycles. The molecule has 0 aromatic heterocycles. The minimum atomic E-state index is -0.225. The summed E-state index contributed by atoms with van der Waals surface area (Å²) >= 11 is 0. The third-order valence-electron chi connectivity index (χ3n) is 4.51. The van der Waals surface area contributed by atoms with Crippen molar-refractivity contribution in [2.45, 2.75) is 39.7 Å². The van der Waals surface area contributed by atoms with Crippen molar-refractivity contribution >= 4 is 18.0 Å². The number of carbonyl (C=O) groups is 1. The second-order valence-corrected chi connectivity index (χ2v) is 6.70. The van der Waals surface area contributed by atoms with E-state index in [9.17, 15) is 4.79 Å². The molecule has 1 aliphatic heterocycles. The molecule has 1 unspecified atom stereocenters. The number of hydrogen-bond acceptors (Lipinski definition) is 4. The van der Waals surface area contributed by atoms with Gasteiger partial charge in [0, 0.05) is 20.1 Å². The highest BCUT2D eigenvalue weighted by Gasteiger charge is 2.22. The molecule has 5 heteroatoms. The zero-order valence-electron chi connectivity index (χ0n) is 15.5. The van der Waals surface area contributed by atoms with Crippen molar-refractivity contribution in [1.29, 1.82) is 0 Å². The molecule has 0 bridgehead atoms. The Morgan fingerprint density at radius 2 is 2.17 bits per heavy atom. The van der Waals surface area contributed by atoms with Gasteiger partial charge in [-0.25, -0.2) is 9.79 Å². The number of aryl methyl sites for hydroxylation is 2. The minimum Gasteiger partial charge on any atom is -0.457 e. The van der Waals surface area contributed by atoms with E-state index in [0.717, 1.165) is 49.3 Å². The lowest BCUT2D eigenvalue weighted by atomic mass is 10.0. The van der Waals surface area contributed by atoms with E-state index in [-0.39, 0.29) is 12.1 Å². The fourth-order valence-corrected chi connectivity index (χ4v) is 2.83. The van der Waals surface area contributed by atoms with Gasteiger partial charge in [-0.2, -0.15) is 0 Å². The van der Waals surface area contributed by atoms with Crippen LogP contribution in [0, 0.1) is 13.8 Å². The Hall–Kier alpha value is -1.88. The third kappa shape index (κ3) is 4.81. The van der Waals surface area contributed by atoms with E-state index in [1.165, 1.54) is 0 Å². The summed E-state index contributed by atoms with van der Waals surface area (Å²) in [5, 5.41) is 0. The first-order valence-corrected chi connectivity index (χ1v) is 8.66. The van der Waals surface area contributed by atoms with E-state index in [2.05, 4.69) is 23.9 Å². The number of carbonyl (C=O) groups excluding carboxylic acids is 1. The number of hydrogen-bond donors (Lipinski definition) is 0. The molecular weight excluding hydrogens is 302 g/mol. The third-order valence-corrected chi connectivity index (χ3v) is 4.51. The first-order chi connectivity index (χ1) is 11.4. The van der Waals surface area contributed by atoms with Crippen LogP contribution in [-0.2, 0) is 4.74 Å². The molecule has 1 atom stereocenters. The number of aliphatic imine (C=N–C) groups is 1. The summed E-state index contributed by atoms with van der Waals surface area (Å²) in [4.78, 5) is 21.3. The number of benzene rings is 1. The largest absolute Gasteiger partial charge is 0.457 e. The maximum absolute atomic E-state index is 12.5. The second kappa shape index (κ2) is 8.29. The quantitative estimate of drug-likeness (QED) is 0.472. The molecule has 5 nitrogen and oxygen atoms in total. The topological polar surface area (TPSA) is 45.1 Å². The average Bonchev–Trinajstić information content (AvgIpc) is 2.54. The van der Waals surface area contributed by atoms with Gasteiger partial charge in [0.15, 0.2) is 0 Å². The predicted octanol–water partition coefficient (Wildman–Crippen LogP) is 3.17. The highest BCUT2D eigenvalue weighted by molar-refractivity contribution is 5.92. The van der Waals surface area contributed by atoms with E-state index in [1.807, 2.05) is 44.3 Å². The fraction of sp³-hybridized carbons (Fsp3) is 0.579. The van der Waals surface area contributed by atoms with Gasteiger partial charge in [-0.3, -0.25) is 0 Å². The number of ether oxygens (including phenoxy) is 1. The Morgan fingerprint density at radius 1 is 1.42 bits per heavy atom. The van der Waals surface area contributed by atoms with Crippen molar-refractivity contribution in [1.82, 2.24) is 9.80 Å². The lowest BCUT2D eigenvalue weighted by Crippen LogP contribution is -2.38. The van der Waals surface area contributed by atoms with Gasteiger partial charge in [-0.05, 0) is 70.5 Å². The summed E-state index contributed by atoms with van der Waals surface area (Å²) in [5.74, 6) is -0.225. The van der Waals surface area contributed by atoms with Crippen LogP contribution < -0.4 is 0 Å². The maximum Gasteiger partial charge on any atom is 0.338 e. The molecule has 0 radical (unpaired) electrons. The molecule has 1 aliphatic rings. The van der Waals surface area contributed by atoms with E-state index in [4.69, 9.17) is 4.74 Å². The summed E-state index contributed by atoms with van der Waals surface area (Å²) in [7, 11) is 4.05. The van der Waals surface area contributed by atoms with Gasteiger partial charge in [-0.15, -0.1) is 0 Å². The van der Waals surface area contributed by atoms with E-state index >= 15 is 0 Å². The molecule has 2 rings (SSSR count). The summed E-state index contributed by atoms with van der Waals surface area (Å²) < 4.78 is 5.71. The smallest absolute Gasteiger partial charge is 0.338 e. The zero-order valence-corrected chi connectivity index (χ0v) is 15.5. The van der Waals surface area contributed by atoms with Crippen LogP contribution in [0.4, 0.5) is 5.69 Å². The molecule has 0 aliphatic carbocycles. The first kappa shape index (κ1) is 18.5. The number of nitrogens with zero attached hydrogens (tertiary/aromatic N) is 3. The summed E-state index contributed by atoms with van der Waals surface area (Å²) in [5.41, 5.74) is 3.42. The van der Waals surface area contributed by atoms with Crippen molar-refractivity contribution in [3.05, 3.63) is 28.8 Å². The standard InChI is InChI=1S/C19H29N3O2/c1-6-21(4)13-20-18-11-14(2)17(10-15(18)3)19(23)24-16-8-7-9-22(5)12-16/h10-11,13,16H,6-9,12H2,1-5H3. The van der Waals surface area contributed by atoms with Crippen molar-refractivity contribution in [3.63, 3.8) is 0 Å². The molecule has 24 heavy (non-hydrogen) atoms. The number of esters is 1. The lowest BCUT2D eigenvalue weighted by molar-refractivity contribution is 0.0108.